The number of imidazole rings is 2. The van der Waals surface area contributed by atoms with Crippen LogP contribution in [0, 0.1) is 13.8 Å². The standard InChI is InChI=1S/C18H17N5O4/c1-9-4-5-11(6-10(9)2)23-12(7-13(24)25)8-22-14-15(19-17(22)23)21(3)18(27)20-16(14)26/h4-6,8H,7H2,1-3H3,(H,24,25)(H,20,26,27). The summed E-state index contributed by atoms with van der Waals surface area (Å²) >= 11 is 0. The lowest BCUT2D eigenvalue weighted by Crippen LogP contribution is -2.28. The van der Waals surface area contributed by atoms with E-state index in [-0.39, 0.29) is 17.6 Å². The van der Waals surface area contributed by atoms with Gasteiger partial charge in [0.25, 0.3) is 5.56 Å². The first-order chi connectivity index (χ1) is 12.8. The van der Waals surface area contributed by atoms with Gasteiger partial charge in [0.15, 0.2) is 11.2 Å². The third kappa shape index (κ3) is 2.47. The van der Waals surface area contributed by atoms with Crippen LogP contribution in [0.25, 0.3) is 22.6 Å². The van der Waals surface area contributed by atoms with Gasteiger partial charge in [-0.05, 0) is 37.1 Å². The summed E-state index contributed by atoms with van der Waals surface area (Å²) in [6.45, 7) is 3.95. The third-order valence-electron chi connectivity index (χ3n) is 4.78. The van der Waals surface area contributed by atoms with Crippen molar-refractivity contribution in [2.24, 2.45) is 7.05 Å². The number of rotatable bonds is 3. The normalized spacial score (nSPS) is 11.5. The van der Waals surface area contributed by atoms with Gasteiger partial charge in [0.05, 0.1) is 12.1 Å². The maximum Gasteiger partial charge on any atom is 0.329 e. The first kappa shape index (κ1) is 16.8. The molecule has 4 rings (SSSR count). The third-order valence-corrected chi connectivity index (χ3v) is 4.78. The topological polar surface area (TPSA) is 114 Å². The Balaban J connectivity index is 2.15. The van der Waals surface area contributed by atoms with Crippen LogP contribution in [0.15, 0.2) is 34.0 Å². The molecule has 0 aliphatic heterocycles. The zero-order chi connectivity index (χ0) is 19.5. The molecular weight excluding hydrogens is 350 g/mol. The van der Waals surface area contributed by atoms with Crippen molar-refractivity contribution in [1.29, 1.82) is 0 Å². The molecule has 0 aliphatic carbocycles. The molecule has 0 spiro atoms. The molecule has 0 fully saturated rings. The number of hydrogen-bond acceptors (Lipinski definition) is 4. The van der Waals surface area contributed by atoms with Gasteiger partial charge in [-0.2, -0.15) is 4.98 Å². The maximum absolute atomic E-state index is 12.3. The van der Waals surface area contributed by atoms with Crippen LogP contribution in [0.4, 0.5) is 0 Å². The van der Waals surface area contributed by atoms with E-state index in [4.69, 9.17) is 0 Å². The molecule has 3 heterocycles. The summed E-state index contributed by atoms with van der Waals surface area (Å²) in [6, 6.07) is 5.75. The number of H-pyrrole nitrogens is 1. The Kier molecular flexibility index (Phi) is 3.55. The summed E-state index contributed by atoms with van der Waals surface area (Å²) in [7, 11) is 1.52. The number of aryl methyl sites for hydroxylation is 3. The van der Waals surface area contributed by atoms with Crippen LogP contribution in [0.2, 0.25) is 0 Å². The fraction of sp³-hybridized carbons (Fsp3) is 0.222. The molecule has 0 atom stereocenters. The fourth-order valence-corrected chi connectivity index (χ4v) is 3.23. The smallest absolute Gasteiger partial charge is 0.329 e. The lowest BCUT2D eigenvalue weighted by molar-refractivity contribution is -0.136. The van der Waals surface area contributed by atoms with Crippen molar-refractivity contribution in [2.75, 3.05) is 0 Å². The number of aromatic amines is 1. The molecule has 0 unspecified atom stereocenters. The van der Waals surface area contributed by atoms with E-state index in [1.807, 2.05) is 32.0 Å². The van der Waals surface area contributed by atoms with Gasteiger partial charge in [0, 0.05) is 18.9 Å². The average Bonchev–Trinajstić information content (AvgIpc) is 3.10. The van der Waals surface area contributed by atoms with Crippen molar-refractivity contribution in [1.82, 2.24) is 23.5 Å². The second-order valence-corrected chi connectivity index (χ2v) is 6.57. The molecule has 0 saturated heterocycles. The Labute approximate surface area is 152 Å². The molecule has 0 bridgehead atoms. The molecule has 3 aromatic heterocycles. The Morgan fingerprint density at radius 1 is 1.22 bits per heavy atom. The van der Waals surface area contributed by atoms with E-state index in [1.54, 1.807) is 10.8 Å². The zero-order valence-corrected chi connectivity index (χ0v) is 15.0. The molecule has 9 heteroatoms. The highest BCUT2D eigenvalue weighted by molar-refractivity contribution is 5.77. The lowest BCUT2D eigenvalue weighted by Gasteiger charge is -2.10. The predicted octanol–water partition coefficient (Wildman–Crippen LogP) is 0.909. The molecule has 9 nitrogen and oxygen atoms in total. The molecule has 4 aromatic rings. The number of benzene rings is 1. The fourth-order valence-electron chi connectivity index (χ4n) is 3.23. The molecule has 0 saturated carbocycles. The summed E-state index contributed by atoms with van der Waals surface area (Å²) in [5, 5.41) is 9.29. The molecule has 0 aliphatic rings. The summed E-state index contributed by atoms with van der Waals surface area (Å²) < 4.78 is 4.48. The van der Waals surface area contributed by atoms with Gasteiger partial charge in [-0.25, -0.2) is 4.79 Å². The minimum atomic E-state index is -0.994. The van der Waals surface area contributed by atoms with Gasteiger partial charge in [-0.1, -0.05) is 6.07 Å². The lowest BCUT2D eigenvalue weighted by atomic mass is 10.1. The monoisotopic (exact) mass is 367 g/mol. The molecular formula is C18H17N5O4. The van der Waals surface area contributed by atoms with Crippen LogP contribution in [0.3, 0.4) is 0 Å². The van der Waals surface area contributed by atoms with Gasteiger partial charge in [-0.15, -0.1) is 0 Å². The second kappa shape index (κ2) is 5.70. The number of nitrogens with zero attached hydrogens (tertiary/aromatic N) is 4. The van der Waals surface area contributed by atoms with Crippen LogP contribution in [-0.4, -0.2) is 34.6 Å². The quantitative estimate of drug-likeness (QED) is 0.559. The predicted molar refractivity (Wildman–Crippen MR) is 98.7 cm³/mol. The number of nitrogens with one attached hydrogen (secondary N) is 1. The summed E-state index contributed by atoms with van der Waals surface area (Å²) in [5.41, 5.74) is 2.66. The van der Waals surface area contributed by atoms with E-state index in [2.05, 4.69) is 9.97 Å². The van der Waals surface area contributed by atoms with Crippen molar-refractivity contribution in [3.63, 3.8) is 0 Å². The van der Waals surface area contributed by atoms with Gasteiger partial charge >= 0.3 is 11.7 Å². The number of aliphatic carboxylic acids is 1. The number of aromatic nitrogens is 5. The van der Waals surface area contributed by atoms with Crippen molar-refractivity contribution in [2.45, 2.75) is 20.3 Å². The Morgan fingerprint density at radius 2 is 1.96 bits per heavy atom. The highest BCUT2D eigenvalue weighted by Gasteiger charge is 2.21. The van der Waals surface area contributed by atoms with E-state index in [9.17, 15) is 19.5 Å². The van der Waals surface area contributed by atoms with Gasteiger partial charge in [0.2, 0.25) is 5.78 Å². The van der Waals surface area contributed by atoms with Crippen LogP contribution >= 0.6 is 0 Å². The molecule has 0 amide bonds. The average molecular weight is 367 g/mol. The van der Waals surface area contributed by atoms with Crippen molar-refractivity contribution in [3.05, 3.63) is 62.1 Å². The molecule has 27 heavy (non-hydrogen) atoms. The molecule has 2 N–H and O–H groups in total. The first-order valence-electron chi connectivity index (χ1n) is 8.29. The number of fused-ring (bicyclic) bond motifs is 3. The summed E-state index contributed by atoms with van der Waals surface area (Å²) in [6.07, 6.45) is 1.34. The second-order valence-electron chi connectivity index (χ2n) is 6.57. The largest absolute Gasteiger partial charge is 0.481 e. The van der Waals surface area contributed by atoms with Gasteiger partial charge in [-0.3, -0.25) is 28.1 Å². The number of carboxylic acid groups (broad SMARTS) is 1. The zero-order valence-electron chi connectivity index (χ0n) is 15.0. The van der Waals surface area contributed by atoms with Crippen LogP contribution in [-0.2, 0) is 18.3 Å². The van der Waals surface area contributed by atoms with Gasteiger partial charge in [0.1, 0.15) is 0 Å². The van der Waals surface area contributed by atoms with E-state index < -0.39 is 17.2 Å². The SMILES string of the molecule is Cc1ccc(-n2c(CC(=O)O)cn3c4c(=O)[nH]c(=O)n(C)c4nc23)cc1C. The highest BCUT2D eigenvalue weighted by atomic mass is 16.4. The van der Waals surface area contributed by atoms with E-state index >= 15 is 0 Å². The van der Waals surface area contributed by atoms with E-state index in [0.29, 0.717) is 11.5 Å². The molecule has 138 valence electrons. The van der Waals surface area contributed by atoms with Crippen LogP contribution in [0.1, 0.15) is 16.8 Å². The van der Waals surface area contributed by atoms with E-state index in [1.165, 1.54) is 16.0 Å². The minimum absolute atomic E-state index is 0.196. The van der Waals surface area contributed by atoms with Crippen molar-refractivity contribution < 1.29 is 9.90 Å². The van der Waals surface area contributed by atoms with Crippen molar-refractivity contribution in [3.8, 4) is 5.69 Å². The number of hydrogen-bond donors (Lipinski definition) is 2. The molecule has 1 aromatic carbocycles. The van der Waals surface area contributed by atoms with Gasteiger partial charge < -0.3 is 5.11 Å². The maximum atomic E-state index is 12.3. The minimum Gasteiger partial charge on any atom is -0.481 e. The van der Waals surface area contributed by atoms with Crippen molar-refractivity contribution >= 4 is 22.9 Å². The van der Waals surface area contributed by atoms with Crippen LogP contribution in [0.5, 0.6) is 0 Å². The Hall–Kier alpha value is -3.62. The summed E-state index contributed by atoms with van der Waals surface area (Å²) in [4.78, 5) is 42.3. The Bertz CT molecular complexity index is 1350. The molecule has 0 radical (unpaired) electrons. The first-order valence-corrected chi connectivity index (χ1v) is 8.29. The summed E-state index contributed by atoms with van der Waals surface area (Å²) in [5.74, 6) is -0.623. The van der Waals surface area contributed by atoms with E-state index in [0.717, 1.165) is 16.8 Å². The number of carboxylic acids is 1. The van der Waals surface area contributed by atoms with Crippen LogP contribution < -0.4 is 11.2 Å². The Morgan fingerprint density at radius 3 is 2.63 bits per heavy atom. The number of carbonyl (C=O) groups is 1. The highest BCUT2D eigenvalue weighted by Crippen LogP contribution is 2.23.